The Bertz CT molecular complexity index is 2120. The van der Waals surface area contributed by atoms with E-state index < -0.39 is 44.9 Å². The summed E-state index contributed by atoms with van der Waals surface area (Å²) in [5.41, 5.74) is 2.75. The summed E-state index contributed by atoms with van der Waals surface area (Å²) < 4.78 is 36.7. The Morgan fingerprint density at radius 1 is 0.836 bits per heavy atom. The number of piperidine rings is 2. The maximum Gasteiger partial charge on any atom is 0.266 e. The average Bonchev–Trinajstić information content (AvgIpc) is 3.42. The molecular formula is C39H44BrN7O7S. The van der Waals surface area contributed by atoms with Crippen LogP contribution in [-0.4, -0.2) is 94.3 Å². The van der Waals surface area contributed by atoms with Crippen LogP contribution in [0, 0.1) is 0 Å². The quantitative estimate of drug-likeness (QED) is 0.290. The lowest BCUT2D eigenvalue weighted by Gasteiger charge is -2.35. The van der Waals surface area contributed by atoms with Crippen molar-refractivity contribution in [2.24, 2.45) is 0 Å². The van der Waals surface area contributed by atoms with Crippen LogP contribution in [0.4, 0.5) is 17.5 Å². The first-order valence-electron chi connectivity index (χ1n) is 19.2. The van der Waals surface area contributed by atoms with Gasteiger partial charge in [0.15, 0.2) is 5.82 Å². The number of hydrogen-bond acceptors (Lipinski definition) is 11. The molecule has 1 unspecified atom stereocenters. The fourth-order valence-corrected chi connectivity index (χ4v) is 11.1. The van der Waals surface area contributed by atoms with Gasteiger partial charge in [-0.15, -0.1) is 0 Å². The van der Waals surface area contributed by atoms with Gasteiger partial charge in [-0.2, -0.15) is 4.98 Å². The second-order valence-electron chi connectivity index (χ2n) is 15.0. The Hall–Kier alpha value is -4.41. The summed E-state index contributed by atoms with van der Waals surface area (Å²) in [5.74, 6) is -0.669. The molecule has 1 atom stereocenters. The van der Waals surface area contributed by atoms with Gasteiger partial charge in [0.1, 0.15) is 11.8 Å². The fraction of sp³-hybridized carbons (Fsp3) is 0.487. The van der Waals surface area contributed by atoms with Crippen LogP contribution >= 0.6 is 15.9 Å². The van der Waals surface area contributed by atoms with Crippen molar-refractivity contribution in [1.82, 2.24) is 24.5 Å². The molecule has 2 saturated heterocycles. The lowest BCUT2D eigenvalue weighted by molar-refractivity contribution is -0.136. The van der Waals surface area contributed by atoms with Gasteiger partial charge in [0.25, 0.3) is 11.8 Å². The van der Waals surface area contributed by atoms with E-state index in [-0.39, 0.29) is 41.9 Å². The molecule has 1 aliphatic carbocycles. The molecule has 4 aliphatic heterocycles. The molecule has 55 heavy (non-hydrogen) atoms. The molecule has 0 spiro atoms. The molecule has 14 nitrogen and oxygen atoms in total. The van der Waals surface area contributed by atoms with Crippen molar-refractivity contribution in [2.45, 2.75) is 100 Å². The van der Waals surface area contributed by atoms with Gasteiger partial charge in [-0.05, 0) is 110 Å². The highest BCUT2D eigenvalue weighted by atomic mass is 79.9. The number of nitrogens with one attached hydrogen (secondary N) is 2. The van der Waals surface area contributed by atoms with Crippen LogP contribution in [0.1, 0.15) is 96.9 Å². The highest BCUT2D eigenvalue weighted by molar-refractivity contribution is 9.10. The Morgan fingerprint density at radius 3 is 2.36 bits per heavy atom. The van der Waals surface area contributed by atoms with E-state index in [1.54, 1.807) is 28.7 Å². The normalized spacial score (nSPS) is 24.1. The summed E-state index contributed by atoms with van der Waals surface area (Å²) in [6.45, 7) is 1.71. The summed E-state index contributed by atoms with van der Waals surface area (Å²) >= 11 is 3.65. The Balaban J connectivity index is 0.849. The lowest BCUT2D eigenvalue weighted by atomic mass is 9.98. The third-order valence-electron chi connectivity index (χ3n) is 11.5. The largest absolute Gasteiger partial charge is 0.490 e. The number of carbonyl (C=O) groups excluding carboxylic acids is 4. The van der Waals surface area contributed by atoms with Crippen LogP contribution in [0.5, 0.6) is 5.75 Å². The monoisotopic (exact) mass is 833 g/mol. The second-order valence-corrected chi connectivity index (χ2v) is 18.0. The van der Waals surface area contributed by atoms with Gasteiger partial charge in [-0.1, -0.05) is 24.3 Å². The molecule has 2 N–H and O–H groups in total. The number of rotatable bonds is 8. The molecule has 1 aromatic heterocycles. The van der Waals surface area contributed by atoms with Crippen molar-refractivity contribution in [1.29, 1.82) is 0 Å². The molecule has 1 saturated carbocycles. The van der Waals surface area contributed by atoms with Crippen LogP contribution < -0.4 is 20.3 Å². The molecule has 290 valence electrons. The van der Waals surface area contributed by atoms with E-state index in [2.05, 4.69) is 54.6 Å². The maximum absolute atomic E-state index is 13.9. The molecule has 0 radical (unpaired) electrons. The zero-order chi connectivity index (χ0) is 38.3. The number of ether oxygens (including phenoxy) is 1. The fourth-order valence-electron chi connectivity index (χ4n) is 8.63. The number of nitrogens with zero attached hydrogens (tertiary/aromatic N) is 5. The zero-order valence-electron chi connectivity index (χ0n) is 30.4. The highest BCUT2D eigenvalue weighted by Gasteiger charge is 2.46. The number of aryl methyl sites for hydroxylation is 1. The highest BCUT2D eigenvalue weighted by Crippen LogP contribution is 2.38. The van der Waals surface area contributed by atoms with E-state index >= 15 is 0 Å². The maximum atomic E-state index is 13.9. The van der Waals surface area contributed by atoms with Crippen LogP contribution in [-0.2, 0) is 26.0 Å². The first-order chi connectivity index (χ1) is 26.6. The number of amides is 4. The van der Waals surface area contributed by atoms with Crippen molar-refractivity contribution in [2.75, 3.05) is 29.9 Å². The van der Waals surface area contributed by atoms with Gasteiger partial charge in [0, 0.05) is 44.0 Å². The molecule has 0 bridgehead atoms. The average molecular weight is 835 g/mol. The third-order valence-corrected chi connectivity index (χ3v) is 14.4. The number of anilines is 3. The lowest BCUT2D eigenvalue weighted by Crippen LogP contribution is -2.54. The number of hydrogen-bond donors (Lipinski definition) is 2. The molecule has 16 heteroatoms. The van der Waals surface area contributed by atoms with E-state index in [4.69, 9.17) is 9.72 Å². The van der Waals surface area contributed by atoms with Gasteiger partial charge in [-0.3, -0.25) is 29.4 Å². The molecule has 5 aliphatic rings. The summed E-state index contributed by atoms with van der Waals surface area (Å²) in [5, 5.41) is 5.21. The van der Waals surface area contributed by atoms with Crippen molar-refractivity contribution < 1.29 is 32.3 Å². The zero-order valence-corrected chi connectivity index (χ0v) is 32.8. The number of carbonyl (C=O) groups is 4. The molecule has 3 fully saturated rings. The number of para-hydroxylation sites is 1. The van der Waals surface area contributed by atoms with Crippen LogP contribution in [0.2, 0.25) is 0 Å². The molecule has 5 heterocycles. The van der Waals surface area contributed by atoms with Crippen molar-refractivity contribution in [3.05, 3.63) is 69.8 Å². The van der Waals surface area contributed by atoms with E-state index in [0.29, 0.717) is 70.4 Å². The number of fused-ring (bicyclic) bond motifs is 2. The number of benzene rings is 2. The minimum absolute atomic E-state index is 0.0414. The van der Waals surface area contributed by atoms with E-state index in [1.807, 2.05) is 6.07 Å². The van der Waals surface area contributed by atoms with Crippen LogP contribution in [0.15, 0.2) is 53.1 Å². The molecule has 8 rings (SSSR count). The molecule has 4 amide bonds. The smallest absolute Gasteiger partial charge is 0.266 e. The molecule has 2 aromatic carbocycles. The summed E-state index contributed by atoms with van der Waals surface area (Å²) in [6.07, 6.45) is 8.44. The number of aromatic nitrogens is 2. The SMILES string of the molecule is O=C1CCC(N2C(=O)c3cccc(OC4CCCC(S(=O)(=O)N5CCC(Nc6ncc(Br)c(N7CCCc8ccccc87)n6)CC5)CCC4)c3C2=O)C(=O)N1. The summed E-state index contributed by atoms with van der Waals surface area (Å²) in [7, 11) is -3.52. The summed E-state index contributed by atoms with van der Waals surface area (Å²) in [6, 6.07) is 12.2. The van der Waals surface area contributed by atoms with Crippen LogP contribution in [0.3, 0.4) is 0 Å². The van der Waals surface area contributed by atoms with Gasteiger partial charge < -0.3 is 15.0 Å². The Morgan fingerprint density at radius 2 is 1.60 bits per heavy atom. The Labute approximate surface area is 328 Å². The van der Waals surface area contributed by atoms with Gasteiger partial charge >= 0.3 is 0 Å². The number of imide groups is 2. The number of sulfonamides is 1. The third kappa shape index (κ3) is 7.47. The Kier molecular flexibility index (Phi) is 10.6. The van der Waals surface area contributed by atoms with Gasteiger partial charge in [0.05, 0.1) is 27.0 Å². The van der Waals surface area contributed by atoms with E-state index in [1.165, 1.54) is 5.56 Å². The minimum Gasteiger partial charge on any atom is -0.490 e. The van der Waals surface area contributed by atoms with E-state index in [0.717, 1.165) is 40.3 Å². The topological polar surface area (TPSA) is 171 Å². The van der Waals surface area contributed by atoms with Gasteiger partial charge in [0.2, 0.25) is 27.8 Å². The predicted molar refractivity (Wildman–Crippen MR) is 208 cm³/mol. The van der Waals surface area contributed by atoms with Crippen molar-refractivity contribution in [3.63, 3.8) is 0 Å². The standard InChI is InChI=1S/C39H44BrN7O7S/c40-29-23-41-39(44-35(29)46-20-6-8-24-7-1-2-14-30(24)46)42-25-18-21-45(22-19-25)55(52,53)27-11-3-9-26(10-4-12-27)54-32-15-5-13-28-34(32)38(51)47(37(28)50)31-16-17-33(48)43-36(31)49/h1-2,5,7,13-15,23,25-27,31H,3-4,6,8-12,16-22H2,(H,41,42,44)(H,43,48,49). The van der Waals surface area contributed by atoms with Crippen molar-refractivity contribution in [3.8, 4) is 5.75 Å². The van der Waals surface area contributed by atoms with Crippen LogP contribution in [0.25, 0.3) is 0 Å². The van der Waals surface area contributed by atoms with E-state index in [9.17, 15) is 27.6 Å². The first kappa shape index (κ1) is 37.5. The predicted octanol–water partition coefficient (Wildman–Crippen LogP) is 5.10. The minimum atomic E-state index is -3.52. The molecular weight excluding hydrogens is 790 g/mol. The van der Waals surface area contributed by atoms with Crippen molar-refractivity contribution >= 4 is 67.0 Å². The number of halogens is 1. The molecule has 3 aromatic rings. The second kappa shape index (κ2) is 15.6. The van der Waals surface area contributed by atoms with Gasteiger partial charge in [-0.25, -0.2) is 17.7 Å². The summed E-state index contributed by atoms with van der Waals surface area (Å²) in [4.78, 5) is 63.6. The first-order valence-corrected chi connectivity index (χ1v) is 21.5.